The van der Waals surface area contributed by atoms with Crippen molar-refractivity contribution in [3.8, 4) is 0 Å². The largest absolute Gasteiger partial charge is 0.366 e. The Morgan fingerprint density at radius 1 is 1.41 bits per heavy atom. The molecule has 0 aromatic rings. The Labute approximate surface area is 102 Å². The van der Waals surface area contributed by atoms with Gasteiger partial charge >= 0.3 is 0 Å². The van der Waals surface area contributed by atoms with E-state index in [0.717, 1.165) is 19.3 Å². The highest BCUT2D eigenvalue weighted by molar-refractivity contribution is 6.15. The summed E-state index contributed by atoms with van der Waals surface area (Å²) in [6, 6.07) is 0. The third-order valence-electron chi connectivity index (χ3n) is 3.82. The maximum atomic E-state index is 11.7. The van der Waals surface area contributed by atoms with E-state index >= 15 is 0 Å². The van der Waals surface area contributed by atoms with Crippen molar-refractivity contribution in [1.29, 1.82) is 0 Å². The minimum Gasteiger partial charge on any atom is -0.366 e. The molecule has 2 aliphatic heterocycles. The summed E-state index contributed by atoms with van der Waals surface area (Å²) in [4.78, 5) is 24.6. The molecule has 2 unspecified atom stereocenters. The van der Waals surface area contributed by atoms with Crippen molar-refractivity contribution in [2.24, 2.45) is 0 Å². The molecule has 0 bridgehead atoms. The van der Waals surface area contributed by atoms with Crippen LogP contribution in [0.4, 0.5) is 0 Å². The summed E-state index contributed by atoms with van der Waals surface area (Å²) in [5.41, 5.74) is 0.440. The van der Waals surface area contributed by atoms with Crippen LogP contribution in [0.3, 0.4) is 0 Å². The molecule has 0 radical (unpaired) electrons. The predicted octanol–water partition coefficient (Wildman–Crippen LogP) is 1.65. The van der Waals surface area contributed by atoms with Gasteiger partial charge in [0.15, 0.2) is 0 Å². The molecule has 0 spiro atoms. The lowest BCUT2D eigenvalue weighted by molar-refractivity contribution is -0.137. The molecule has 1 fully saturated rings. The topological polar surface area (TPSA) is 49.9 Å². The summed E-state index contributed by atoms with van der Waals surface area (Å²) in [5, 5.41) is 0. The van der Waals surface area contributed by atoms with Crippen LogP contribution >= 0.6 is 0 Å². The van der Waals surface area contributed by atoms with Gasteiger partial charge in [-0.2, -0.15) is 0 Å². The number of carbonyl (C=O) groups excluding carboxylic acids is 2. The number of ether oxygens (including phenoxy) is 1. The fourth-order valence-electron chi connectivity index (χ4n) is 2.56. The average Bonchev–Trinajstić information content (AvgIpc) is 2.97. The number of nitrogens with zero attached hydrogens (tertiary/aromatic N) is 1. The van der Waals surface area contributed by atoms with Crippen molar-refractivity contribution in [2.75, 3.05) is 6.54 Å². The smallest absolute Gasteiger partial charge is 0.256 e. The Morgan fingerprint density at radius 3 is 2.53 bits per heavy atom. The molecule has 4 heteroatoms. The van der Waals surface area contributed by atoms with E-state index in [9.17, 15) is 9.59 Å². The minimum atomic E-state index is -0.188. The molecule has 1 saturated heterocycles. The second-order valence-electron chi connectivity index (χ2n) is 4.81. The molecule has 0 aromatic carbocycles. The summed E-state index contributed by atoms with van der Waals surface area (Å²) in [7, 11) is 0. The van der Waals surface area contributed by atoms with E-state index in [4.69, 9.17) is 4.74 Å². The number of carbonyl (C=O) groups is 2. The summed E-state index contributed by atoms with van der Waals surface area (Å²) in [6.45, 7) is 6.33. The van der Waals surface area contributed by atoms with E-state index in [-0.39, 0.29) is 17.4 Å². The zero-order chi connectivity index (χ0) is 12.6. The van der Waals surface area contributed by atoms with Crippen LogP contribution in [-0.4, -0.2) is 35.0 Å². The highest BCUT2D eigenvalue weighted by Crippen LogP contribution is 2.44. The van der Waals surface area contributed by atoms with Crippen LogP contribution in [0.25, 0.3) is 0 Å². The van der Waals surface area contributed by atoms with Crippen molar-refractivity contribution < 1.29 is 14.3 Å². The van der Waals surface area contributed by atoms with Crippen molar-refractivity contribution in [1.82, 2.24) is 4.90 Å². The van der Waals surface area contributed by atoms with Gasteiger partial charge in [0.2, 0.25) is 0 Å². The van der Waals surface area contributed by atoms with E-state index < -0.39 is 0 Å². The molecular formula is C13H19NO3. The highest BCUT2D eigenvalue weighted by Gasteiger charge is 2.53. The van der Waals surface area contributed by atoms with Crippen LogP contribution < -0.4 is 0 Å². The first-order valence-corrected chi connectivity index (χ1v) is 6.26. The zero-order valence-corrected chi connectivity index (χ0v) is 10.7. The quantitative estimate of drug-likeness (QED) is 0.539. The lowest BCUT2D eigenvalue weighted by Crippen LogP contribution is -2.34. The number of imide groups is 1. The first-order valence-electron chi connectivity index (χ1n) is 6.26. The van der Waals surface area contributed by atoms with Gasteiger partial charge in [-0.05, 0) is 26.2 Å². The second-order valence-corrected chi connectivity index (χ2v) is 4.81. The summed E-state index contributed by atoms with van der Waals surface area (Å²) in [6.07, 6.45) is 4.39. The van der Waals surface area contributed by atoms with Crippen LogP contribution in [0.5, 0.6) is 0 Å². The maximum Gasteiger partial charge on any atom is 0.256 e. The molecule has 2 amide bonds. The monoisotopic (exact) mass is 237 g/mol. The number of hydrogen-bond donors (Lipinski definition) is 0. The molecule has 0 N–H and O–H groups in total. The van der Waals surface area contributed by atoms with E-state index in [2.05, 4.69) is 13.8 Å². The summed E-state index contributed by atoms with van der Waals surface area (Å²) in [5.74, 6) is -0.345. The fourth-order valence-corrected chi connectivity index (χ4v) is 2.56. The maximum absolute atomic E-state index is 11.7. The summed E-state index contributed by atoms with van der Waals surface area (Å²) < 4.78 is 5.69. The Hall–Kier alpha value is -1.16. The SMILES string of the molecule is CCC1OC1(CC)CCN1C(=O)C=C(C)C1=O. The third-order valence-corrected chi connectivity index (χ3v) is 3.82. The third kappa shape index (κ3) is 2.02. The molecule has 2 atom stereocenters. The van der Waals surface area contributed by atoms with Crippen LogP contribution in [-0.2, 0) is 14.3 Å². The van der Waals surface area contributed by atoms with E-state index in [1.165, 1.54) is 11.0 Å². The van der Waals surface area contributed by atoms with Gasteiger partial charge in [0.1, 0.15) is 0 Å². The molecule has 4 nitrogen and oxygen atoms in total. The average molecular weight is 237 g/mol. The predicted molar refractivity (Wildman–Crippen MR) is 63.3 cm³/mol. The van der Waals surface area contributed by atoms with Gasteiger partial charge < -0.3 is 4.74 Å². The van der Waals surface area contributed by atoms with Gasteiger partial charge in [-0.25, -0.2) is 0 Å². The van der Waals surface area contributed by atoms with E-state index in [0.29, 0.717) is 18.2 Å². The zero-order valence-electron chi connectivity index (χ0n) is 10.7. The molecule has 2 aliphatic rings. The molecule has 0 aromatic heterocycles. The summed E-state index contributed by atoms with van der Waals surface area (Å²) >= 11 is 0. The van der Waals surface area contributed by atoms with Crippen molar-refractivity contribution in [3.63, 3.8) is 0 Å². The minimum absolute atomic E-state index is 0.0915. The first-order chi connectivity index (χ1) is 8.04. The van der Waals surface area contributed by atoms with Gasteiger partial charge in [-0.3, -0.25) is 14.5 Å². The van der Waals surface area contributed by atoms with Crippen molar-refractivity contribution >= 4 is 11.8 Å². The van der Waals surface area contributed by atoms with Crippen molar-refractivity contribution in [2.45, 2.75) is 51.7 Å². The number of epoxide rings is 1. The Morgan fingerprint density at radius 2 is 2.12 bits per heavy atom. The Balaban J connectivity index is 1.92. The van der Waals surface area contributed by atoms with Crippen LogP contribution in [0.1, 0.15) is 40.0 Å². The molecule has 0 aliphatic carbocycles. The molecule has 2 rings (SSSR count). The lowest BCUT2D eigenvalue weighted by Gasteiger charge is -2.17. The molecular weight excluding hydrogens is 218 g/mol. The number of amides is 2. The molecule has 17 heavy (non-hydrogen) atoms. The van der Waals surface area contributed by atoms with Crippen LogP contribution in [0.2, 0.25) is 0 Å². The fraction of sp³-hybridized carbons (Fsp3) is 0.692. The second kappa shape index (κ2) is 4.26. The molecule has 2 heterocycles. The Kier molecular flexibility index (Phi) is 3.08. The van der Waals surface area contributed by atoms with Crippen molar-refractivity contribution in [3.05, 3.63) is 11.6 Å². The van der Waals surface area contributed by atoms with Gasteiger partial charge in [0, 0.05) is 18.2 Å². The Bertz CT molecular complexity index is 388. The van der Waals surface area contributed by atoms with Gasteiger partial charge in [-0.1, -0.05) is 13.8 Å². The highest BCUT2D eigenvalue weighted by atomic mass is 16.6. The van der Waals surface area contributed by atoms with E-state index in [1.807, 2.05) is 0 Å². The lowest BCUT2D eigenvalue weighted by atomic mass is 9.96. The molecule has 0 saturated carbocycles. The number of hydrogen-bond acceptors (Lipinski definition) is 3. The van der Waals surface area contributed by atoms with E-state index in [1.54, 1.807) is 6.92 Å². The van der Waals surface area contributed by atoms with Crippen LogP contribution in [0, 0.1) is 0 Å². The van der Waals surface area contributed by atoms with Gasteiger partial charge in [-0.15, -0.1) is 0 Å². The first kappa shape index (κ1) is 12.3. The standard InChI is InChI=1S/C13H19NO3/c1-4-10-13(5-2,17-10)6-7-14-11(15)8-9(3)12(14)16/h8,10H,4-7H2,1-3H3. The van der Waals surface area contributed by atoms with Gasteiger partial charge in [0.25, 0.3) is 11.8 Å². The van der Waals surface area contributed by atoms with Crippen LogP contribution in [0.15, 0.2) is 11.6 Å². The molecule has 94 valence electrons. The van der Waals surface area contributed by atoms with Gasteiger partial charge in [0.05, 0.1) is 11.7 Å². The normalized spacial score (nSPS) is 32.1. The number of rotatable bonds is 5.